The molecule has 0 bridgehead atoms. The number of nitrogens with one attached hydrogen (secondary N) is 2. The molecular formula is C22H23ClN4O3. The number of aromatic amines is 1. The van der Waals surface area contributed by atoms with Gasteiger partial charge in [0.1, 0.15) is 18.2 Å². The Morgan fingerprint density at radius 2 is 2.07 bits per heavy atom. The first-order valence-corrected chi connectivity index (χ1v) is 10.5. The minimum absolute atomic E-state index is 0.0465. The smallest absolute Gasteiger partial charge is 0.258 e. The number of benzene rings is 1. The van der Waals surface area contributed by atoms with Gasteiger partial charge < -0.3 is 15.0 Å². The normalized spacial score (nSPS) is 14.6. The van der Waals surface area contributed by atoms with E-state index in [0.29, 0.717) is 45.5 Å². The largest absolute Gasteiger partial charge is 0.486 e. The number of rotatable bonds is 6. The lowest BCUT2D eigenvalue weighted by Crippen LogP contribution is -2.30. The van der Waals surface area contributed by atoms with E-state index in [4.69, 9.17) is 16.3 Å². The number of fused-ring (bicyclic) bond motifs is 1. The fraction of sp³-hybridized carbons (Fsp3) is 0.364. The molecule has 2 N–H and O–H groups in total. The van der Waals surface area contributed by atoms with E-state index in [1.807, 2.05) is 0 Å². The number of aromatic nitrogens is 3. The number of ether oxygens (including phenoxy) is 1. The third-order valence-corrected chi connectivity index (χ3v) is 5.72. The molecule has 4 rings (SSSR count). The maximum atomic E-state index is 12.6. The Balaban J connectivity index is 1.42. The topological polar surface area (TPSA) is 97.0 Å². The van der Waals surface area contributed by atoms with Crippen molar-refractivity contribution in [2.24, 2.45) is 5.92 Å². The van der Waals surface area contributed by atoms with Crippen molar-refractivity contribution in [1.29, 1.82) is 0 Å². The maximum absolute atomic E-state index is 12.6. The van der Waals surface area contributed by atoms with Crippen molar-refractivity contribution in [2.75, 3.05) is 6.54 Å². The lowest BCUT2D eigenvalue weighted by Gasteiger charge is -2.21. The zero-order chi connectivity index (χ0) is 20.9. The van der Waals surface area contributed by atoms with Gasteiger partial charge in [-0.15, -0.1) is 0 Å². The molecule has 1 amide bonds. The standard InChI is InChI=1S/C22H23ClN4O3/c23-18-7-6-15(10-17(18)21(28)25-11-14-4-2-1-3-5-14)30-13-20-26-19-12-24-9-8-16(19)22(29)27-20/h6-10,12,14H,1-5,11,13H2,(H,25,28)(H,26,27,29). The van der Waals surface area contributed by atoms with Crippen molar-refractivity contribution < 1.29 is 9.53 Å². The molecule has 0 atom stereocenters. The second-order valence-electron chi connectivity index (χ2n) is 7.55. The predicted molar refractivity (Wildman–Crippen MR) is 115 cm³/mol. The van der Waals surface area contributed by atoms with Crippen molar-refractivity contribution in [3.63, 3.8) is 0 Å². The monoisotopic (exact) mass is 426 g/mol. The summed E-state index contributed by atoms with van der Waals surface area (Å²) < 4.78 is 5.74. The van der Waals surface area contributed by atoms with E-state index in [9.17, 15) is 9.59 Å². The zero-order valence-electron chi connectivity index (χ0n) is 16.5. The molecule has 0 spiro atoms. The Labute approximate surface area is 178 Å². The third kappa shape index (κ3) is 4.79. The number of carbonyl (C=O) groups is 1. The molecule has 3 aromatic rings. The van der Waals surface area contributed by atoms with E-state index in [2.05, 4.69) is 20.3 Å². The average Bonchev–Trinajstić information content (AvgIpc) is 2.77. The molecular weight excluding hydrogens is 404 g/mol. The second-order valence-corrected chi connectivity index (χ2v) is 7.96. The van der Waals surface area contributed by atoms with Crippen LogP contribution in [0.1, 0.15) is 48.3 Å². The van der Waals surface area contributed by atoms with Gasteiger partial charge in [0.15, 0.2) is 0 Å². The van der Waals surface area contributed by atoms with E-state index in [0.717, 1.165) is 12.8 Å². The molecule has 1 aromatic carbocycles. The first kappa shape index (κ1) is 20.3. The van der Waals surface area contributed by atoms with Crippen LogP contribution in [0, 0.1) is 5.92 Å². The molecule has 1 aliphatic rings. The summed E-state index contributed by atoms with van der Waals surface area (Å²) >= 11 is 6.23. The number of carbonyl (C=O) groups excluding carboxylic acids is 1. The number of halogens is 1. The highest BCUT2D eigenvalue weighted by Crippen LogP contribution is 2.25. The van der Waals surface area contributed by atoms with Gasteiger partial charge >= 0.3 is 0 Å². The minimum Gasteiger partial charge on any atom is -0.486 e. The van der Waals surface area contributed by atoms with Gasteiger partial charge in [0.25, 0.3) is 11.5 Å². The summed E-state index contributed by atoms with van der Waals surface area (Å²) in [7, 11) is 0. The van der Waals surface area contributed by atoms with E-state index < -0.39 is 0 Å². The molecule has 0 saturated heterocycles. The molecule has 0 unspecified atom stereocenters. The van der Waals surface area contributed by atoms with Crippen molar-refractivity contribution in [3.8, 4) is 5.75 Å². The molecule has 1 aliphatic carbocycles. The summed E-state index contributed by atoms with van der Waals surface area (Å²) in [5, 5.41) is 3.83. The molecule has 2 heterocycles. The Hall–Kier alpha value is -2.93. The van der Waals surface area contributed by atoms with Gasteiger partial charge in [-0.3, -0.25) is 14.6 Å². The summed E-state index contributed by atoms with van der Waals surface area (Å²) in [5.74, 6) is 1.17. The predicted octanol–water partition coefficient (Wildman–Crippen LogP) is 3.86. The Bertz CT molecular complexity index is 1110. The first-order valence-electron chi connectivity index (χ1n) is 10.1. The molecule has 0 radical (unpaired) electrons. The third-order valence-electron chi connectivity index (χ3n) is 5.39. The van der Waals surface area contributed by atoms with Crippen LogP contribution >= 0.6 is 11.6 Å². The number of pyridine rings is 1. The van der Waals surface area contributed by atoms with Crippen molar-refractivity contribution in [3.05, 3.63) is 63.4 Å². The zero-order valence-corrected chi connectivity index (χ0v) is 17.2. The van der Waals surface area contributed by atoms with Crippen molar-refractivity contribution >= 4 is 28.4 Å². The highest BCUT2D eigenvalue weighted by atomic mass is 35.5. The number of nitrogens with zero attached hydrogens (tertiary/aromatic N) is 2. The summed E-state index contributed by atoms with van der Waals surface area (Å²) in [4.78, 5) is 35.8. The lowest BCUT2D eigenvalue weighted by atomic mass is 9.89. The van der Waals surface area contributed by atoms with Crippen molar-refractivity contribution in [2.45, 2.75) is 38.7 Å². The molecule has 156 valence electrons. The Morgan fingerprint density at radius 1 is 1.23 bits per heavy atom. The summed E-state index contributed by atoms with van der Waals surface area (Å²) in [6.07, 6.45) is 9.13. The molecule has 2 aromatic heterocycles. The minimum atomic E-state index is -0.250. The molecule has 1 saturated carbocycles. The molecule has 7 nitrogen and oxygen atoms in total. The van der Waals surface area contributed by atoms with Crippen LogP contribution in [0.4, 0.5) is 0 Å². The number of H-pyrrole nitrogens is 1. The average molecular weight is 427 g/mol. The van der Waals surface area contributed by atoms with Gasteiger partial charge in [-0.25, -0.2) is 4.98 Å². The van der Waals surface area contributed by atoms with E-state index >= 15 is 0 Å². The van der Waals surface area contributed by atoms with Crippen LogP contribution in [-0.4, -0.2) is 27.4 Å². The Morgan fingerprint density at radius 3 is 2.90 bits per heavy atom. The highest BCUT2D eigenvalue weighted by molar-refractivity contribution is 6.33. The van der Waals surface area contributed by atoms with Crippen LogP contribution in [0.5, 0.6) is 5.75 Å². The van der Waals surface area contributed by atoms with E-state index in [1.165, 1.54) is 25.5 Å². The summed E-state index contributed by atoms with van der Waals surface area (Å²) in [6.45, 7) is 0.710. The number of hydrogen-bond donors (Lipinski definition) is 2. The number of hydrogen-bond acceptors (Lipinski definition) is 5. The van der Waals surface area contributed by atoms with Crippen LogP contribution in [-0.2, 0) is 6.61 Å². The lowest BCUT2D eigenvalue weighted by molar-refractivity contribution is 0.0943. The molecule has 1 fully saturated rings. The molecule has 8 heteroatoms. The Kier molecular flexibility index (Phi) is 6.28. The first-order chi connectivity index (χ1) is 14.6. The summed E-state index contributed by atoms with van der Waals surface area (Å²) in [5.41, 5.74) is 0.618. The SMILES string of the molecule is O=C(NCC1CCCCC1)c1cc(OCc2nc3cnccc3c(=O)[nH]2)ccc1Cl. The van der Waals surface area contributed by atoms with Crippen LogP contribution in [0.2, 0.25) is 5.02 Å². The summed E-state index contributed by atoms with van der Waals surface area (Å²) in [6, 6.07) is 6.54. The fourth-order valence-electron chi connectivity index (χ4n) is 3.75. The van der Waals surface area contributed by atoms with Crippen LogP contribution in [0.15, 0.2) is 41.5 Å². The molecule has 30 heavy (non-hydrogen) atoms. The molecule has 0 aliphatic heterocycles. The van der Waals surface area contributed by atoms with E-state index in [-0.39, 0.29) is 18.1 Å². The van der Waals surface area contributed by atoms with E-state index in [1.54, 1.807) is 30.5 Å². The fourth-order valence-corrected chi connectivity index (χ4v) is 3.95. The quantitative estimate of drug-likeness (QED) is 0.623. The van der Waals surface area contributed by atoms with Gasteiger partial charge in [-0.05, 0) is 43.0 Å². The van der Waals surface area contributed by atoms with Gasteiger partial charge in [0, 0.05) is 12.7 Å². The van der Waals surface area contributed by atoms with Gasteiger partial charge in [0.05, 0.1) is 27.7 Å². The highest BCUT2D eigenvalue weighted by Gasteiger charge is 2.17. The van der Waals surface area contributed by atoms with Crippen LogP contribution < -0.4 is 15.6 Å². The van der Waals surface area contributed by atoms with Crippen molar-refractivity contribution in [1.82, 2.24) is 20.3 Å². The van der Waals surface area contributed by atoms with Crippen LogP contribution in [0.3, 0.4) is 0 Å². The maximum Gasteiger partial charge on any atom is 0.258 e. The van der Waals surface area contributed by atoms with Gasteiger partial charge in [-0.1, -0.05) is 30.9 Å². The van der Waals surface area contributed by atoms with Gasteiger partial charge in [-0.2, -0.15) is 0 Å². The van der Waals surface area contributed by atoms with Gasteiger partial charge in [0.2, 0.25) is 0 Å². The van der Waals surface area contributed by atoms with Crippen LogP contribution in [0.25, 0.3) is 10.9 Å². The second kappa shape index (κ2) is 9.26. The number of amides is 1.